The van der Waals surface area contributed by atoms with Crippen LogP contribution in [-0.4, -0.2) is 13.2 Å². The molecule has 1 aliphatic heterocycles. The Bertz CT molecular complexity index is 1010. The Hall–Kier alpha value is -2.49. The average molecular weight is 397 g/mol. The molecule has 0 fully saturated rings. The largest absolute Gasteiger partial charge is 0.497 e. The predicted molar refractivity (Wildman–Crippen MR) is 118 cm³/mol. The lowest BCUT2D eigenvalue weighted by molar-refractivity contribution is 0.169. The third-order valence-electron chi connectivity index (χ3n) is 6.08. The van der Waals surface area contributed by atoms with Gasteiger partial charge in [-0.3, -0.25) is 0 Å². The Morgan fingerprint density at radius 3 is 2.66 bits per heavy atom. The van der Waals surface area contributed by atoms with Crippen molar-refractivity contribution in [1.29, 1.82) is 0 Å². The molecule has 3 rings (SSSR count). The van der Waals surface area contributed by atoms with Crippen LogP contribution in [0.15, 0.2) is 50.7 Å². The molecule has 29 heavy (non-hydrogen) atoms. The highest BCUT2D eigenvalue weighted by molar-refractivity contribution is 5.86. The minimum atomic E-state index is -0.374. The smallest absolute Gasteiger partial charge is 0.343 e. The fourth-order valence-corrected chi connectivity index (χ4v) is 4.04. The second-order valence-corrected chi connectivity index (χ2v) is 8.54. The number of fused-ring (bicyclic) bond motifs is 3. The monoisotopic (exact) mass is 396 g/mol. The van der Waals surface area contributed by atoms with Crippen molar-refractivity contribution in [3.05, 3.63) is 57.5 Å². The van der Waals surface area contributed by atoms with E-state index in [4.69, 9.17) is 13.9 Å². The van der Waals surface area contributed by atoms with E-state index >= 15 is 0 Å². The number of ether oxygens (including phenoxy) is 2. The Morgan fingerprint density at radius 1 is 1.21 bits per heavy atom. The van der Waals surface area contributed by atoms with Gasteiger partial charge in [-0.25, -0.2) is 4.79 Å². The summed E-state index contributed by atoms with van der Waals surface area (Å²) < 4.78 is 17.1. The lowest BCUT2D eigenvalue weighted by Gasteiger charge is -2.26. The zero-order valence-corrected chi connectivity index (χ0v) is 18.4. The van der Waals surface area contributed by atoms with Gasteiger partial charge in [0.2, 0.25) is 0 Å². The van der Waals surface area contributed by atoms with E-state index in [1.165, 1.54) is 11.1 Å². The summed E-state index contributed by atoms with van der Waals surface area (Å²) in [6.07, 6.45) is 8.36. The number of benzene rings is 1. The van der Waals surface area contributed by atoms with Crippen LogP contribution in [-0.2, 0) is 5.41 Å². The molecule has 0 radical (unpaired) electrons. The molecule has 1 aliphatic rings. The lowest BCUT2D eigenvalue weighted by atomic mass is 9.76. The molecule has 156 valence electrons. The van der Waals surface area contributed by atoms with E-state index in [1.807, 2.05) is 19.1 Å². The standard InChI is InChI=1S/C25H32O4/c1-16(2)9-7-10-17(3)11-8-14-25(5)18(4)28-23-20-13-12-19(27-6)15-21(20)29-24(26)22(23)25/h9,11-13,15,18H,7-8,10,14H2,1-6H3/b17-11+/t18-,25-/m1/s1. The summed E-state index contributed by atoms with van der Waals surface area (Å²) in [5, 5.41) is 0.824. The number of hydrogen-bond acceptors (Lipinski definition) is 4. The van der Waals surface area contributed by atoms with Crippen molar-refractivity contribution in [2.45, 2.75) is 71.8 Å². The maximum Gasteiger partial charge on any atom is 0.343 e. The van der Waals surface area contributed by atoms with Gasteiger partial charge in [0, 0.05) is 11.5 Å². The van der Waals surface area contributed by atoms with Gasteiger partial charge in [-0.1, -0.05) is 30.2 Å². The van der Waals surface area contributed by atoms with Crippen LogP contribution in [0.1, 0.15) is 65.9 Å². The first-order valence-corrected chi connectivity index (χ1v) is 10.4. The van der Waals surface area contributed by atoms with E-state index in [2.05, 4.69) is 39.8 Å². The predicted octanol–water partition coefficient (Wildman–Crippen LogP) is 6.31. The SMILES string of the molecule is COc1ccc2c3c(c(=O)oc2c1)[C@](C)(CC/C=C(\C)CCC=C(C)C)[C@@H](C)O3. The van der Waals surface area contributed by atoms with Gasteiger partial charge in [0.25, 0.3) is 0 Å². The maximum absolute atomic E-state index is 12.9. The van der Waals surface area contributed by atoms with E-state index < -0.39 is 0 Å². The molecule has 0 bridgehead atoms. The fourth-order valence-electron chi connectivity index (χ4n) is 4.04. The first kappa shape index (κ1) is 21.2. The highest BCUT2D eigenvalue weighted by Gasteiger charge is 2.46. The molecule has 0 saturated heterocycles. The van der Waals surface area contributed by atoms with Crippen LogP contribution in [0.2, 0.25) is 0 Å². The minimum Gasteiger partial charge on any atom is -0.497 e. The maximum atomic E-state index is 12.9. The Labute approximate surface area is 173 Å². The molecule has 0 unspecified atom stereocenters. The van der Waals surface area contributed by atoms with Crippen LogP contribution in [0.5, 0.6) is 11.5 Å². The molecule has 0 spiro atoms. The van der Waals surface area contributed by atoms with Crippen LogP contribution in [0, 0.1) is 0 Å². The Kier molecular flexibility index (Phi) is 6.21. The third-order valence-corrected chi connectivity index (χ3v) is 6.08. The first-order chi connectivity index (χ1) is 13.8. The van der Waals surface area contributed by atoms with Gasteiger partial charge in [0.15, 0.2) is 0 Å². The molecule has 2 atom stereocenters. The summed E-state index contributed by atoms with van der Waals surface area (Å²) in [5.74, 6) is 1.32. The fraction of sp³-hybridized carbons (Fsp3) is 0.480. The van der Waals surface area contributed by atoms with Gasteiger partial charge in [-0.05, 0) is 65.5 Å². The van der Waals surface area contributed by atoms with E-state index in [-0.39, 0.29) is 17.1 Å². The summed E-state index contributed by atoms with van der Waals surface area (Å²) in [6, 6.07) is 5.51. The normalized spacial score (nSPS) is 21.0. The molecule has 4 nitrogen and oxygen atoms in total. The van der Waals surface area contributed by atoms with Crippen LogP contribution in [0.3, 0.4) is 0 Å². The van der Waals surface area contributed by atoms with Crippen LogP contribution >= 0.6 is 0 Å². The molecule has 2 heterocycles. The molecular formula is C25H32O4. The van der Waals surface area contributed by atoms with Crippen LogP contribution < -0.4 is 15.1 Å². The molecule has 0 saturated carbocycles. The van der Waals surface area contributed by atoms with Crippen molar-refractivity contribution in [2.75, 3.05) is 7.11 Å². The number of allylic oxidation sites excluding steroid dienone is 4. The van der Waals surface area contributed by atoms with Crippen molar-refractivity contribution in [2.24, 2.45) is 0 Å². The zero-order valence-electron chi connectivity index (χ0n) is 18.4. The topological polar surface area (TPSA) is 48.7 Å². The van der Waals surface area contributed by atoms with Gasteiger partial charge < -0.3 is 13.9 Å². The minimum absolute atomic E-state index is 0.0903. The molecule has 4 heteroatoms. The Morgan fingerprint density at radius 2 is 1.97 bits per heavy atom. The zero-order chi connectivity index (χ0) is 21.2. The Balaban J connectivity index is 1.85. The summed E-state index contributed by atoms with van der Waals surface area (Å²) in [5.41, 5.74) is 3.22. The summed E-state index contributed by atoms with van der Waals surface area (Å²) in [7, 11) is 1.59. The number of hydrogen-bond donors (Lipinski definition) is 0. The van der Waals surface area contributed by atoms with Gasteiger partial charge >= 0.3 is 5.63 Å². The van der Waals surface area contributed by atoms with Crippen molar-refractivity contribution >= 4 is 11.0 Å². The second kappa shape index (κ2) is 8.48. The van der Waals surface area contributed by atoms with Crippen molar-refractivity contribution < 1.29 is 13.9 Å². The van der Waals surface area contributed by atoms with Gasteiger partial charge in [-0.15, -0.1) is 0 Å². The van der Waals surface area contributed by atoms with E-state index in [1.54, 1.807) is 13.2 Å². The van der Waals surface area contributed by atoms with Gasteiger partial charge in [0.1, 0.15) is 23.2 Å². The highest BCUT2D eigenvalue weighted by Crippen LogP contribution is 2.47. The quantitative estimate of drug-likeness (QED) is 0.406. The van der Waals surface area contributed by atoms with Crippen molar-refractivity contribution in [3.8, 4) is 11.5 Å². The van der Waals surface area contributed by atoms with Crippen molar-refractivity contribution in [3.63, 3.8) is 0 Å². The number of methoxy groups -OCH3 is 1. The van der Waals surface area contributed by atoms with E-state index in [9.17, 15) is 4.79 Å². The van der Waals surface area contributed by atoms with Gasteiger partial charge in [0.05, 0.1) is 18.1 Å². The first-order valence-electron chi connectivity index (χ1n) is 10.4. The van der Waals surface area contributed by atoms with E-state index in [0.29, 0.717) is 22.6 Å². The second-order valence-electron chi connectivity index (χ2n) is 8.54. The summed E-state index contributed by atoms with van der Waals surface area (Å²) in [6.45, 7) is 10.6. The molecule has 0 aliphatic carbocycles. The van der Waals surface area contributed by atoms with E-state index in [0.717, 1.165) is 31.1 Å². The lowest BCUT2D eigenvalue weighted by Crippen LogP contribution is -2.35. The average Bonchev–Trinajstić information content (AvgIpc) is 2.92. The van der Waals surface area contributed by atoms with Gasteiger partial charge in [-0.2, -0.15) is 0 Å². The number of rotatable bonds is 7. The molecule has 0 N–H and O–H groups in total. The third kappa shape index (κ3) is 4.26. The molecule has 1 aromatic carbocycles. The van der Waals surface area contributed by atoms with Crippen molar-refractivity contribution in [1.82, 2.24) is 0 Å². The van der Waals surface area contributed by atoms with Crippen LogP contribution in [0.4, 0.5) is 0 Å². The molecule has 0 amide bonds. The molecular weight excluding hydrogens is 364 g/mol. The summed E-state index contributed by atoms with van der Waals surface area (Å²) >= 11 is 0. The highest BCUT2D eigenvalue weighted by atomic mass is 16.5. The van der Waals surface area contributed by atoms with Crippen LogP contribution in [0.25, 0.3) is 11.0 Å². The molecule has 2 aromatic rings. The summed E-state index contributed by atoms with van der Waals surface area (Å²) in [4.78, 5) is 12.9. The molecule has 1 aromatic heterocycles.